The summed E-state index contributed by atoms with van der Waals surface area (Å²) in [7, 11) is 0. The highest BCUT2D eigenvalue weighted by molar-refractivity contribution is 7.05. The third-order valence-electron chi connectivity index (χ3n) is 1.92. The van der Waals surface area contributed by atoms with E-state index in [1.54, 1.807) is 11.5 Å². The highest BCUT2D eigenvalue weighted by atomic mass is 32.1. The molecular weight excluding hydrogens is 154 g/mol. The fourth-order valence-electron chi connectivity index (χ4n) is 1.29. The first kappa shape index (κ1) is 8.72. The van der Waals surface area contributed by atoms with Gasteiger partial charge in [0, 0.05) is 4.88 Å². The lowest BCUT2D eigenvalue weighted by atomic mass is 10.0. The van der Waals surface area contributed by atoms with Crippen LogP contribution >= 0.6 is 11.5 Å². The molecule has 0 saturated heterocycles. The Balaban J connectivity index is 3.05. The first-order valence-electron chi connectivity index (χ1n) is 4.11. The molecule has 0 aliphatic heterocycles. The fourth-order valence-corrected chi connectivity index (χ4v) is 2.21. The molecule has 0 fully saturated rings. The Morgan fingerprint density at radius 3 is 2.45 bits per heavy atom. The predicted molar refractivity (Wildman–Crippen MR) is 50.3 cm³/mol. The first-order valence-corrected chi connectivity index (χ1v) is 4.89. The van der Waals surface area contributed by atoms with E-state index in [4.69, 9.17) is 0 Å². The van der Waals surface area contributed by atoms with E-state index in [-0.39, 0.29) is 0 Å². The van der Waals surface area contributed by atoms with Gasteiger partial charge in [0.25, 0.3) is 0 Å². The molecule has 1 nitrogen and oxygen atoms in total. The maximum Gasteiger partial charge on any atom is 0.0602 e. The minimum Gasteiger partial charge on any atom is -0.197 e. The zero-order valence-corrected chi connectivity index (χ0v) is 8.46. The van der Waals surface area contributed by atoms with E-state index >= 15 is 0 Å². The van der Waals surface area contributed by atoms with Gasteiger partial charge in [-0.15, -0.1) is 0 Å². The standard InChI is InChI=1S/C9H15NS/c1-5-8-7(4)11-10-9(8)6(2)3/h6H,5H2,1-4H3. The Bertz CT molecular complexity index is 238. The molecule has 0 saturated carbocycles. The summed E-state index contributed by atoms with van der Waals surface area (Å²) in [5.74, 6) is 0.579. The van der Waals surface area contributed by atoms with Gasteiger partial charge in [0.15, 0.2) is 0 Å². The van der Waals surface area contributed by atoms with E-state index in [2.05, 4.69) is 32.1 Å². The van der Waals surface area contributed by atoms with Crippen molar-refractivity contribution < 1.29 is 0 Å². The maximum absolute atomic E-state index is 4.43. The normalized spacial score (nSPS) is 11.0. The number of hydrogen-bond acceptors (Lipinski definition) is 2. The number of rotatable bonds is 2. The largest absolute Gasteiger partial charge is 0.197 e. The zero-order valence-electron chi connectivity index (χ0n) is 7.64. The van der Waals surface area contributed by atoms with E-state index in [9.17, 15) is 0 Å². The Morgan fingerprint density at radius 1 is 1.45 bits per heavy atom. The molecule has 2 heteroatoms. The van der Waals surface area contributed by atoms with Crippen LogP contribution in [0.5, 0.6) is 0 Å². The van der Waals surface area contributed by atoms with Crippen LogP contribution in [0.3, 0.4) is 0 Å². The van der Waals surface area contributed by atoms with Crippen LogP contribution in [-0.2, 0) is 6.42 Å². The fraction of sp³-hybridized carbons (Fsp3) is 0.667. The minimum absolute atomic E-state index is 0.579. The van der Waals surface area contributed by atoms with Crippen molar-refractivity contribution in [3.05, 3.63) is 16.1 Å². The van der Waals surface area contributed by atoms with Crippen molar-refractivity contribution in [2.24, 2.45) is 0 Å². The van der Waals surface area contributed by atoms with Gasteiger partial charge in [-0.3, -0.25) is 0 Å². The molecule has 0 aliphatic rings. The molecule has 0 spiro atoms. The summed E-state index contributed by atoms with van der Waals surface area (Å²) in [5.41, 5.74) is 2.76. The Hall–Kier alpha value is -0.370. The summed E-state index contributed by atoms with van der Waals surface area (Å²) in [6.45, 7) is 8.76. The summed E-state index contributed by atoms with van der Waals surface area (Å²) in [5, 5.41) is 0. The molecule has 0 bridgehead atoms. The lowest BCUT2D eigenvalue weighted by molar-refractivity contribution is 0.818. The highest BCUT2D eigenvalue weighted by Crippen LogP contribution is 2.24. The van der Waals surface area contributed by atoms with Crippen molar-refractivity contribution >= 4 is 11.5 Å². The molecule has 11 heavy (non-hydrogen) atoms. The van der Waals surface area contributed by atoms with Gasteiger partial charge in [-0.05, 0) is 36.4 Å². The second-order valence-corrected chi connectivity index (χ2v) is 4.09. The van der Waals surface area contributed by atoms with Crippen molar-refractivity contribution in [2.75, 3.05) is 0 Å². The molecule has 0 unspecified atom stereocenters. The minimum atomic E-state index is 0.579. The van der Waals surface area contributed by atoms with Gasteiger partial charge in [0.2, 0.25) is 0 Å². The molecule has 62 valence electrons. The van der Waals surface area contributed by atoms with Crippen LogP contribution in [0.1, 0.15) is 42.8 Å². The van der Waals surface area contributed by atoms with Crippen molar-refractivity contribution in [1.82, 2.24) is 4.37 Å². The van der Waals surface area contributed by atoms with Crippen LogP contribution in [0.4, 0.5) is 0 Å². The molecule has 1 aromatic rings. The summed E-state index contributed by atoms with van der Waals surface area (Å²) in [4.78, 5) is 1.39. The molecule has 0 amide bonds. The third-order valence-corrected chi connectivity index (χ3v) is 2.72. The van der Waals surface area contributed by atoms with Crippen molar-refractivity contribution in [3.8, 4) is 0 Å². The number of hydrogen-bond donors (Lipinski definition) is 0. The topological polar surface area (TPSA) is 12.9 Å². The second-order valence-electron chi connectivity index (χ2n) is 3.11. The summed E-state index contributed by atoms with van der Waals surface area (Å²) >= 11 is 1.63. The van der Waals surface area contributed by atoms with Gasteiger partial charge in [-0.2, -0.15) is 4.37 Å². The van der Waals surface area contributed by atoms with E-state index in [1.807, 2.05) is 0 Å². The van der Waals surface area contributed by atoms with Crippen LogP contribution in [0.15, 0.2) is 0 Å². The van der Waals surface area contributed by atoms with Crippen LogP contribution in [-0.4, -0.2) is 4.37 Å². The smallest absolute Gasteiger partial charge is 0.0602 e. The summed E-state index contributed by atoms with van der Waals surface area (Å²) in [6.07, 6.45) is 1.12. The quantitative estimate of drug-likeness (QED) is 0.662. The van der Waals surface area contributed by atoms with Gasteiger partial charge >= 0.3 is 0 Å². The number of nitrogens with zero attached hydrogens (tertiary/aromatic N) is 1. The van der Waals surface area contributed by atoms with Gasteiger partial charge in [-0.1, -0.05) is 20.8 Å². The molecule has 0 atom stereocenters. The van der Waals surface area contributed by atoms with Crippen molar-refractivity contribution in [3.63, 3.8) is 0 Å². The average molecular weight is 169 g/mol. The van der Waals surface area contributed by atoms with Gasteiger partial charge in [0.1, 0.15) is 0 Å². The molecular formula is C9H15NS. The second kappa shape index (κ2) is 3.35. The third kappa shape index (κ3) is 1.62. The molecule has 0 radical (unpaired) electrons. The van der Waals surface area contributed by atoms with Crippen LogP contribution < -0.4 is 0 Å². The zero-order chi connectivity index (χ0) is 8.43. The molecule has 1 rings (SSSR count). The van der Waals surface area contributed by atoms with Crippen molar-refractivity contribution in [1.29, 1.82) is 0 Å². The van der Waals surface area contributed by atoms with Crippen LogP contribution in [0, 0.1) is 6.92 Å². The predicted octanol–water partition coefficient (Wildman–Crippen LogP) is 3.14. The molecule has 1 aromatic heterocycles. The molecule has 0 aromatic carbocycles. The van der Waals surface area contributed by atoms with E-state index in [0.717, 1.165) is 6.42 Å². The van der Waals surface area contributed by atoms with E-state index in [0.29, 0.717) is 5.92 Å². The maximum atomic E-state index is 4.43. The number of aryl methyl sites for hydroxylation is 1. The van der Waals surface area contributed by atoms with Crippen LogP contribution in [0.2, 0.25) is 0 Å². The SMILES string of the molecule is CCc1c(C(C)C)nsc1C. The Kier molecular flexibility index (Phi) is 2.66. The van der Waals surface area contributed by atoms with Gasteiger partial charge in [-0.25, -0.2) is 0 Å². The monoisotopic (exact) mass is 169 g/mol. The van der Waals surface area contributed by atoms with Gasteiger partial charge < -0.3 is 0 Å². The molecule has 1 heterocycles. The highest BCUT2D eigenvalue weighted by Gasteiger charge is 2.10. The Labute approximate surface area is 72.6 Å². The van der Waals surface area contributed by atoms with Crippen LogP contribution in [0.25, 0.3) is 0 Å². The lowest BCUT2D eigenvalue weighted by Gasteiger charge is -2.03. The van der Waals surface area contributed by atoms with Gasteiger partial charge in [0.05, 0.1) is 5.69 Å². The van der Waals surface area contributed by atoms with E-state index in [1.165, 1.54) is 16.1 Å². The summed E-state index contributed by atoms with van der Waals surface area (Å²) < 4.78 is 4.43. The number of aromatic nitrogens is 1. The average Bonchev–Trinajstić information content (AvgIpc) is 2.30. The first-order chi connectivity index (χ1) is 5.16. The van der Waals surface area contributed by atoms with Crippen molar-refractivity contribution in [2.45, 2.75) is 40.0 Å². The van der Waals surface area contributed by atoms with E-state index < -0.39 is 0 Å². The summed E-state index contributed by atoms with van der Waals surface area (Å²) in [6, 6.07) is 0. The molecule has 0 aliphatic carbocycles. The Morgan fingerprint density at radius 2 is 2.09 bits per heavy atom. The molecule has 0 N–H and O–H groups in total. The lowest BCUT2D eigenvalue weighted by Crippen LogP contribution is -1.93.